The number of carbonyl (C=O) groups is 3. The number of hydrogen-bond acceptors (Lipinski definition) is 7. The number of furan rings is 1. The maximum Gasteiger partial charge on any atom is 0.265 e. The van der Waals surface area contributed by atoms with E-state index >= 15 is 0 Å². The van der Waals surface area contributed by atoms with Crippen LogP contribution in [0.15, 0.2) is 63.9 Å². The lowest BCUT2D eigenvalue weighted by Crippen LogP contribution is -2.15. The van der Waals surface area contributed by atoms with Crippen LogP contribution in [0.3, 0.4) is 0 Å². The molecular weight excluding hydrogens is 448 g/mol. The van der Waals surface area contributed by atoms with Crippen molar-refractivity contribution in [2.24, 2.45) is 0 Å². The van der Waals surface area contributed by atoms with Crippen LogP contribution in [0.25, 0.3) is 0 Å². The van der Waals surface area contributed by atoms with Crippen molar-refractivity contribution in [3.63, 3.8) is 0 Å². The number of benzene rings is 1. The van der Waals surface area contributed by atoms with Crippen LogP contribution in [-0.2, 0) is 11.2 Å². The summed E-state index contributed by atoms with van der Waals surface area (Å²) in [5, 5.41) is 12.3. The highest BCUT2D eigenvalue weighted by atomic mass is 32.1. The van der Waals surface area contributed by atoms with E-state index in [9.17, 15) is 14.4 Å². The van der Waals surface area contributed by atoms with Crippen molar-refractivity contribution >= 4 is 56.9 Å². The third-order valence-corrected chi connectivity index (χ3v) is 6.06. The summed E-state index contributed by atoms with van der Waals surface area (Å²) in [7, 11) is 0. The topological polar surface area (TPSA) is 113 Å². The minimum atomic E-state index is -0.312. The van der Waals surface area contributed by atoms with Gasteiger partial charge in [0.25, 0.3) is 11.8 Å². The molecule has 1 aromatic carbocycles. The van der Waals surface area contributed by atoms with Crippen molar-refractivity contribution in [3.8, 4) is 0 Å². The quantitative estimate of drug-likeness (QED) is 0.362. The number of thiazole rings is 1. The van der Waals surface area contributed by atoms with Gasteiger partial charge in [0.1, 0.15) is 5.76 Å². The van der Waals surface area contributed by atoms with Gasteiger partial charge in [-0.3, -0.25) is 19.7 Å². The molecule has 0 saturated carbocycles. The summed E-state index contributed by atoms with van der Waals surface area (Å²) in [5.74, 6) is -0.205. The van der Waals surface area contributed by atoms with Crippen LogP contribution in [-0.4, -0.2) is 22.7 Å². The van der Waals surface area contributed by atoms with Crippen LogP contribution in [0.1, 0.15) is 31.5 Å². The number of thiophene rings is 1. The number of amides is 3. The lowest BCUT2D eigenvalue weighted by molar-refractivity contribution is -0.115. The molecule has 0 bridgehead atoms. The van der Waals surface area contributed by atoms with Crippen LogP contribution >= 0.6 is 22.7 Å². The smallest absolute Gasteiger partial charge is 0.265 e. The summed E-state index contributed by atoms with van der Waals surface area (Å²) >= 11 is 2.61. The van der Waals surface area contributed by atoms with Crippen LogP contribution in [0.4, 0.5) is 16.5 Å². The Morgan fingerprint density at radius 3 is 2.34 bits per heavy atom. The minimum Gasteiger partial charge on any atom is -0.469 e. The van der Waals surface area contributed by atoms with Gasteiger partial charge < -0.3 is 15.1 Å². The SMILES string of the molecule is Cc1occc1C(=O)Nc1nc(CC(=O)Nc2ccc(NC(=O)c3cccs3)cc2)cs1. The maximum absolute atomic E-state index is 12.3. The zero-order chi connectivity index (χ0) is 22.5. The molecular formula is C22H18N4O4S2. The number of aromatic nitrogens is 1. The summed E-state index contributed by atoms with van der Waals surface area (Å²) in [6.07, 6.45) is 1.51. The van der Waals surface area contributed by atoms with Gasteiger partial charge in [-0.2, -0.15) is 0 Å². The Hall–Kier alpha value is -3.76. The molecule has 0 fully saturated rings. The summed E-state index contributed by atoms with van der Waals surface area (Å²) in [4.78, 5) is 41.6. The van der Waals surface area contributed by atoms with Gasteiger partial charge in [0.05, 0.1) is 28.8 Å². The lowest BCUT2D eigenvalue weighted by atomic mass is 10.2. The zero-order valence-corrected chi connectivity index (χ0v) is 18.5. The van der Waals surface area contributed by atoms with Gasteiger partial charge in [-0.15, -0.1) is 22.7 Å². The Morgan fingerprint density at radius 2 is 1.69 bits per heavy atom. The Bertz CT molecular complexity index is 1240. The molecule has 162 valence electrons. The second kappa shape index (κ2) is 9.58. The first-order chi connectivity index (χ1) is 15.5. The zero-order valence-electron chi connectivity index (χ0n) is 16.9. The summed E-state index contributed by atoms with van der Waals surface area (Å²) in [6.45, 7) is 1.71. The fraction of sp³-hybridized carbons (Fsp3) is 0.0909. The molecule has 0 aliphatic heterocycles. The van der Waals surface area contributed by atoms with E-state index in [0.717, 1.165) is 0 Å². The van der Waals surface area contributed by atoms with Crippen molar-refractivity contribution in [1.29, 1.82) is 0 Å². The van der Waals surface area contributed by atoms with Crippen LogP contribution in [0, 0.1) is 6.92 Å². The van der Waals surface area contributed by atoms with Crippen molar-refractivity contribution in [3.05, 3.63) is 81.4 Å². The van der Waals surface area contributed by atoms with Gasteiger partial charge in [0.15, 0.2) is 5.13 Å². The van der Waals surface area contributed by atoms with Gasteiger partial charge in [0.2, 0.25) is 5.91 Å². The van der Waals surface area contributed by atoms with E-state index in [1.807, 2.05) is 11.4 Å². The predicted molar refractivity (Wildman–Crippen MR) is 125 cm³/mol. The van der Waals surface area contributed by atoms with Crippen molar-refractivity contribution in [2.45, 2.75) is 13.3 Å². The first-order valence-corrected chi connectivity index (χ1v) is 11.3. The molecule has 0 unspecified atom stereocenters. The van der Waals surface area contributed by atoms with Gasteiger partial charge in [0, 0.05) is 16.8 Å². The third-order valence-electron chi connectivity index (χ3n) is 4.39. The number of nitrogens with zero attached hydrogens (tertiary/aromatic N) is 1. The highest BCUT2D eigenvalue weighted by molar-refractivity contribution is 7.14. The third kappa shape index (κ3) is 5.29. The van der Waals surface area contributed by atoms with Gasteiger partial charge in [-0.05, 0) is 48.7 Å². The molecule has 0 aliphatic rings. The van der Waals surface area contributed by atoms with Crippen LogP contribution in [0.5, 0.6) is 0 Å². The van der Waals surface area contributed by atoms with E-state index < -0.39 is 0 Å². The number of carbonyl (C=O) groups excluding carboxylic acids is 3. The fourth-order valence-corrected chi connectivity index (χ4v) is 4.16. The number of aryl methyl sites for hydroxylation is 1. The van der Waals surface area contributed by atoms with Gasteiger partial charge in [-0.25, -0.2) is 4.98 Å². The monoisotopic (exact) mass is 466 g/mol. The Labute approximate surface area is 191 Å². The minimum absolute atomic E-state index is 0.0635. The summed E-state index contributed by atoms with van der Waals surface area (Å²) in [5.41, 5.74) is 2.22. The molecule has 0 saturated heterocycles. The van der Waals surface area contributed by atoms with E-state index in [1.54, 1.807) is 48.7 Å². The molecule has 10 heteroatoms. The van der Waals surface area contributed by atoms with Gasteiger partial charge >= 0.3 is 0 Å². The second-order valence-corrected chi connectivity index (χ2v) is 8.53. The molecule has 3 heterocycles. The molecule has 4 rings (SSSR count). The molecule has 0 atom stereocenters. The Balaban J connectivity index is 1.29. The highest BCUT2D eigenvalue weighted by Gasteiger charge is 2.14. The average Bonchev–Trinajstić information content (AvgIpc) is 3.52. The molecule has 3 amide bonds. The molecule has 4 aromatic rings. The normalized spacial score (nSPS) is 10.5. The molecule has 0 radical (unpaired) electrons. The molecule has 32 heavy (non-hydrogen) atoms. The van der Waals surface area contributed by atoms with Crippen molar-refractivity contribution < 1.29 is 18.8 Å². The lowest BCUT2D eigenvalue weighted by Gasteiger charge is -2.07. The van der Waals surface area contributed by atoms with Gasteiger partial charge in [-0.1, -0.05) is 6.07 Å². The van der Waals surface area contributed by atoms with E-state index in [2.05, 4.69) is 20.9 Å². The van der Waals surface area contributed by atoms with Crippen LogP contribution in [0.2, 0.25) is 0 Å². The summed E-state index contributed by atoms with van der Waals surface area (Å²) < 4.78 is 5.13. The number of rotatable bonds is 7. The number of nitrogens with one attached hydrogen (secondary N) is 3. The standard InChI is InChI=1S/C22H18N4O4S2/c1-13-17(8-9-30-13)20(28)26-22-25-16(12-32-22)11-19(27)23-14-4-6-15(7-5-14)24-21(29)18-3-2-10-31-18/h2-10,12H,11H2,1H3,(H,23,27)(H,24,29)(H,25,26,28). The summed E-state index contributed by atoms with van der Waals surface area (Å²) in [6, 6.07) is 12.0. The van der Waals surface area contributed by atoms with E-state index in [-0.39, 0.29) is 24.1 Å². The van der Waals surface area contributed by atoms with E-state index in [1.165, 1.54) is 28.9 Å². The molecule has 3 N–H and O–H groups in total. The number of hydrogen-bond donors (Lipinski definition) is 3. The predicted octanol–water partition coefficient (Wildman–Crippen LogP) is 4.79. The van der Waals surface area contributed by atoms with E-state index in [4.69, 9.17) is 4.42 Å². The molecule has 0 aliphatic carbocycles. The second-order valence-electron chi connectivity index (χ2n) is 6.72. The average molecular weight is 467 g/mol. The van der Waals surface area contributed by atoms with Crippen LogP contribution < -0.4 is 16.0 Å². The Morgan fingerprint density at radius 1 is 0.938 bits per heavy atom. The molecule has 3 aromatic heterocycles. The highest BCUT2D eigenvalue weighted by Crippen LogP contribution is 2.20. The molecule has 8 nitrogen and oxygen atoms in total. The van der Waals surface area contributed by atoms with Crippen molar-refractivity contribution in [1.82, 2.24) is 4.98 Å². The molecule has 0 spiro atoms. The first-order valence-electron chi connectivity index (χ1n) is 9.52. The van der Waals surface area contributed by atoms with Crippen molar-refractivity contribution in [2.75, 3.05) is 16.0 Å². The first kappa shape index (κ1) is 21.5. The largest absolute Gasteiger partial charge is 0.469 e. The Kier molecular flexibility index (Phi) is 6.43. The maximum atomic E-state index is 12.3. The number of anilines is 3. The van der Waals surface area contributed by atoms with E-state index in [0.29, 0.717) is 38.4 Å². The fourth-order valence-electron chi connectivity index (χ4n) is 2.84.